The molecule has 0 bridgehead atoms. The first-order valence-corrected chi connectivity index (χ1v) is 7.28. The van der Waals surface area contributed by atoms with Gasteiger partial charge in [0.05, 0.1) is 11.4 Å². The number of nitrogens with zero attached hydrogens (tertiary/aromatic N) is 1. The zero-order chi connectivity index (χ0) is 14.7. The summed E-state index contributed by atoms with van der Waals surface area (Å²) < 4.78 is 0. The average molecular weight is 268 g/mol. The Hall–Kier alpha value is -1.83. The highest BCUT2D eigenvalue weighted by atomic mass is 14.9. The van der Waals surface area contributed by atoms with Crippen LogP contribution in [0.3, 0.4) is 0 Å². The zero-order valence-corrected chi connectivity index (χ0v) is 13.1. The van der Waals surface area contributed by atoms with Crippen molar-refractivity contribution in [2.24, 2.45) is 11.8 Å². The molecule has 20 heavy (non-hydrogen) atoms. The second-order valence-corrected chi connectivity index (χ2v) is 5.76. The zero-order valence-electron chi connectivity index (χ0n) is 13.1. The van der Waals surface area contributed by atoms with Crippen molar-refractivity contribution >= 4 is 16.5 Å². The van der Waals surface area contributed by atoms with E-state index in [0.29, 0.717) is 11.8 Å². The van der Waals surface area contributed by atoms with E-state index < -0.39 is 0 Å². The predicted molar refractivity (Wildman–Crippen MR) is 87.4 cm³/mol. The second-order valence-electron chi connectivity index (χ2n) is 5.76. The number of pyridine rings is 1. The van der Waals surface area contributed by atoms with Crippen molar-refractivity contribution in [3.05, 3.63) is 47.8 Å². The molecule has 1 heterocycles. The van der Waals surface area contributed by atoms with Crippen LogP contribution >= 0.6 is 0 Å². The highest BCUT2D eigenvalue weighted by molar-refractivity contribution is 5.84. The lowest BCUT2D eigenvalue weighted by Crippen LogP contribution is -2.15. The van der Waals surface area contributed by atoms with Crippen LogP contribution in [0.25, 0.3) is 16.5 Å². The maximum Gasteiger partial charge on any atom is 0.0866 e. The molecule has 0 aliphatic rings. The van der Waals surface area contributed by atoms with Gasteiger partial charge >= 0.3 is 0 Å². The highest BCUT2D eigenvalue weighted by Crippen LogP contribution is 2.26. The maximum atomic E-state index is 4.62. The van der Waals surface area contributed by atoms with Crippen LogP contribution in [0, 0.1) is 11.8 Å². The van der Waals surface area contributed by atoms with E-state index in [-0.39, 0.29) is 0 Å². The quantitative estimate of drug-likeness (QED) is 0.884. The summed E-state index contributed by atoms with van der Waals surface area (Å²) in [5.74, 6) is 1.16. The summed E-state index contributed by atoms with van der Waals surface area (Å²) in [6, 6.07) is 10.5. The summed E-state index contributed by atoms with van der Waals surface area (Å²) in [4.78, 5) is 4.62. The number of allylic oxidation sites excluding steroid dienone is 1. The minimum atomic E-state index is 0.533. The lowest BCUT2D eigenvalue weighted by molar-refractivity contribution is 0.480. The van der Waals surface area contributed by atoms with Gasteiger partial charge in [0.2, 0.25) is 0 Å². The molecule has 0 radical (unpaired) electrons. The average Bonchev–Trinajstić information content (AvgIpc) is 2.46. The molecule has 0 fully saturated rings. The molecule has 2 heteroatoms. The van der Waals surface area contributed by atoms with Crippen LogP contribution in [0.5, 0.6) is 0 Å². The van der Waals surface area contributed by atoms with Crippen LogP contribution in [0.2, 0.25) is 0 Å². The summed E-state index contributed by atoms with van der Waals surface area (Å²) in [6.45, 7) is 9.00. The van der Waals surface area contributed by atoms with Crippen molar-refractivity contribution in [2.75, 3.05) is 7.05 Å². The van der Waals surface area contributed by atoms with Crippen LogP contribution in [0.1, 0.15) is 33.4 Å². The molecular weight excluding hydrogens is 244 g/mol. The summed E-state index contributed by atoms with van der Waals surface area (Å²) >= 11 is 0. The molecule has 1 aromatic heterocycles. The summed E-state index contributed by atoms with van der Waals surface area (Å²) in [6.07, 6.45) is 1.95. The lowest BCUT2D eigenvalue weighted by atomic mass is 9.89. The number of hydrogen-bond donors (Lipinski definition) is 1. The minimum absolute atomic E-state index is 0.533. The molecular formula is C18H24N2. The van der Waals surface area contributed by atoms with E-state index in [2.05, 4.69) is 62.3 Å². The van der Waals surface area contributed by atoms with Crippen molar-refractivity contribution in [3.63, 3.8) is 0 Å². The van der Waals surface area contributed by atoms with Gasteiger partial charge in [-0.25, -0.2) is 0 Å². The van der Waals surface area contributed by atoms with Gasteiger partial charge in [-0.15, -0.1) is 0 Å². The molecule has 1 unspecified atom stereocenters. The second kappa shape index (κ2) is 6.08. The van der Waals surface area contributed by atoms with E-state index in [0.717, 1.165) is 11.4 Å². The van der Waals surface area contributed by atoms with Gasteiger partial charge in [-0.05, 0) is 35.8 Å². The Morgan fingerprint density at radius 3 is 2.35 bits per heavy atom. The number of nitrogens with one attached hydrogen (secondary N) is 1. The van der Waals surface area contributed by atoms with Gasteiger partial charge < -0.3 is 5.32 Å². The van der Waals surface area contributed by atoms with E-state index in [1.807, 2.05) is 19.3 Å². The highest BCUT2D eigenvalue weighted by Gasteiger charge is 2.15. The fourth-order valence-corrected chi connectivity index (χ4v) is 2.48. The Labute approximate surface area is 121 Å². The lowest BCUT2D eigenvalue weighted by Gasteiger charge is -2.21. The number of fused-ring (bicyclic) bond motifs is 1. The third kappa shape index (κ3) is 2.84. The van der Waals surface area contributed by atoms with Gasteiger partial charge in [-0.1, -0.05) is 45.0 Å². The molecule has 2 aromatic rings. The molecule has 1 atom stereocenters. The summed E-state index contributed by atoms with van der Waals surface area (Å²) in [7, 11) is 1.97. The first-order valence-electron chi connectivity index (χ1n) is 7.28. The van der Waals surface area contributed by atoms with Crippen molar-refractivity contribution in [1.82, 2.24) is 10.3 Å². The van der Waals surface area contributed by atoms with Gasteiger partial charge in [-0.2, -0.15) is 0 Å². The molecule has 0 saturated heterocycles. The molecule has 1 aromatic carbocycles. The topological polar surface area (TPSA) is 24.9 Å². The molecule has 0 saturated carbocycles. The monoisotopic (exact) mass is 268 g/mol. The third-order valence-electron chi connectivity index (χ3n) is 4.21. The van der Waals surface area contributed by atoms with Crippen molar-refractivity contribution in [1.29, 1.82) is 0 Å². The van der Waals surface area contributed by atoms with Crippen LogP contribution in [0.15, 0.2) is 42.1 Å². The Bertz CT molecular complexity index is 626. The fourth-order valence-electron chi connectivity index (χ4n) is 2.48. The smallest absolute Gasteiger partial charge is 0.0866 e. The standard InChI is InChI=1S/C18H24N2/c1-12(2)13(3)14(4)18(19-5)17-10-15-8-6-7-9-16(15)11-20-17/h6-13,19H,1-5H3/b18-14+. The van der Waals surface area contributed by atoms with E-state index in [9.17, 15) is 0 Å². The molecule has 0 amide bonds. The van der Waals surface area contributed by atoms with Gasteiger partial charge in [0.25, 0.3) is 0 Å². The van der Waals surface area contributed by atoms with Crippen molar-refractivity contribution in [2.45, 2.75) is 27.7 Å². The molecule has 106 valence electrons. The summed E-state index contributed by atoms with van der Waals surface area (Å²) in [5, 5.41) is 5.75. The van der Waals surface area contributed by atoms with E-state index in [1.54, 1.807) is 0 Å². The Morgan fingerprint density at radius 1 is 1.10 bits per heavy atom. The SMILES string of the molecule is CN/C(=C(\C)C(C)C(C)C)c1cc2ccccc2cn1. The number of hydrogen-bond acceptors (Lipinski definition) is 2. The number of benzene rings is 1. The number of aromatic nitrogens is 1. The van der Waals surface area contributed by atoms with Gasteiger partial charge in [-0.3, -0.25) is 4.98 Å². The maximum absolute atomic E-state index is 4.62. The summed E-state index contributed by atoms with van der Waals surface area (Å²) in [5.41, 5.74) is 3.54. The largest absolute Gasteiger partial charge is 0.386 e. The van der Waals surface area contributed by atoms with E-state index >= 15 is 0 Å². The normalized spacial score (nSPS) is 14.3. The van der Waals surface area contributed by atoms with Crippen LogP contribution in [-0.2, 0) is 0 Å². The molecule has 0 spiro atoms. The minimum Gasteiger partial charge on any atom is -0.386 e. The van der Waals surface area contributed by atoms with Gasteiger partial charge in [0.15, 0.2) is 0 Å². The Morgan fingerprint density at radius 2 is 1.75 bits per heavy atom. The fraction of sp³-hybridized carbons (Fsp3) is 0.389. The molecule has 2 nitrogen and oxygen atoms in total. The molecule has 0 aliphatic heterocycles. The van der Waals surface area contributed by atoms with Crippen LogP contribution in [0.4, 0.5) is 0 Å². The first kappa shape index (κ1) is 14.6. The Balaban J connectivity index is 2.51. The first-order chi connectivity index (χ1) is 9.54. The van der Waals surface area contributed by atoms with Crippen LogP contribution < -0.4 is 5.32 Å². The van der Waals surface area contributed by atoms with Gasteiger partial charge in [0, 0.05) is 18.6 Å². The van der Waals surface area contributed by atoms with Crippen molar-refractivity contribution < 1.29 is 0 Å². The number of rotatable bonds is 4. The molecule has 1 N–H and O–H groups in total. The molecule has 0 aliphatic carbocycles. The van der Waals surface area contributed by atoms with Crippen molar-refractivity contribution in [3.8, 4) is 0 Å². The third-order valence-corrected chi connectivity index (χ3v) is 4.21. The van der Waals surface area contributed by atoms with Crippen LogP contribution in [-0.4, -0.2) is 12.0 Å². The Kier molecular flexibility index (Phi) is 4.43. The predicted octanol–water partition coefficient (Wildman–Crippen LogP) is 4.48. The van der Waals surface area contributed by atoms with E-state index in [4.69, 9.17) is 0 Å². The molecule has 2 rings (SSSR count). The van der Waals surface area contributed by atoms with Gasteiger partial charge in [0.1, 0.15) is 0 Å². The van der Waals surface area contributed by atoms with E-state index in [1.165, 1.54) is 16.3 Å².